The fourth-order valence-electron chi connectivity index (χ4n) is 2.72. The first-order valence-electron chi connectivity index (χ1n) is 7.80. The fraction of sp³-hybridized carbons (Fsp3) is 0.158. The van der Waals surface area contributed by atoms with Crippen LogP contribution >= 0.6 is 0 Å². The molecule has 0 fully saturated rings. The van der Waals surface area contributed by atoms with Gasteiger partial charge in [-0.3, -0.25) is 9.59 Å². The number of carbonyl (C=O) groups is 2. The van der Waals surface area contributed by atoms with Crippen LogP contribution < -0.4 is 10.1 Å². The van der Waals surface area contributed by atoms with E-state index in [9.17, 15) is 14.7 Å². The summed E-state index contributed by atoms with van der Waals surface area (Å²) in [6.45, 7) is 0. The number of hydrogen-bond donors (Lipinski definition) is 3. The van der Waals surface area contributed by atoms with E-state index in [1.54, 1.807) is 42.6 Å². The van der Waals surface area contributed by atoms with Crippen molar-refractivity contribution in [2.24, 2.45) is 0 Å². The van der Waals surface area contributed by atoms with Crippen molar-refractivity contribution in [2.45, 2.75) is 12.5 Å². The molecular weight excluding hydrogens is 320 g/mol. The van der Waals surface area contributed by atoms with Crippen LogP contribution in [0.15, 0.2) is 54.7 Å². The van der Waals surface area contributed by atoms with Crippen molar-refractivity contribution in [1.82, 2.24) is 10.3 Å². The van der Waals surface area contributed by atoms with E-state index in [4.69, 9.17) is 4.74 Å². The van der Waals surface area contributed by atoms with Crippen LogP contribution in [0.5, 0.6) is 5.75 Å². The van der Waals surface area contributed by atoms with E-state index in [1.165, 1.54) is 7.11 Å². The van der Waals surface area contributed by atoms with Gasteiger partial charge in [0.15, 0.2) is 0 Å². The Morgan fingerprint density at radius 2 is 2.04 bits per heavy atom. The maximum atomic E-state index is 12.6. The van der Waals surface area contributed by atoms with Gasteiger partial charge < -0.3 is 20.1 Å². The predicted octanol–water partition coefficient (Wildman–Crippen LogP) is 3.12. The topological polar surface area (TPSA) is 91.4 Å². The minimum Gasteiger partial charge on any atom is -0.497 e. The Hall–Kier alpha value is -3.28. The van der Waals surface area contributed by atoms with Crippen LogP contribution in [-0.2, 0) is 4.79 Å². The first-order chi connectivity index (χ1) is 12.1. The summed E-state index contributed by atoms with van der Waals surface area (Å²) in [7, 11) is 1.54. The molecule has 1 amide bonds. The zero-order chi connectivity index (χ0) is 17.8. The van der Waals surface area contributed by atoms with Crippen molar-refractivity contribution in [2.75, 3.05) is 7.11 Å². The molecule has 0 aliphatic rings. The molecule has 2 aromatic carbocycles. The number of nitrogens with one attached hydrogen (secondary N) is 2. The lowest BCUT2D eigenvalue weighted by molar-refractivity contribution is -0.137. The van der Waals surface area contributed by atoms with Crippen LogP contribution in [-0.4, -0.2) is 29.1 Å². The van der Waals surface area contributed by atoms with E-state index in [0.29, 0.717) is 16.9 Å². The Kier molecular flexibility index (Phi) is 4.70. The number of amides is 1. The van der Waals surface area contributed by atoms with E-state index in [2.05, 4.69) is 10.3 Å². The Labute approximate surface area is 144 Å². The third-order valence-electron chi connectivity index (χ3n) is 4.00. The lowest BCUT2D eigenvalue weighted by Crippen LogP contribution is -2.30. The summed E-state index contributed by atoms with van der Waals surface area (Å²) in [5.74, 6) is -0.706. The Morgan fingerprint density at radius 1 is 1.20 bits per heavy atom. The summed E-state index contributed by atoms with van der Waals surface area (Å²) < 4.78 is 5.18. The highest BCUT2D eigenvalue weighted by Crippen LogP contribution is 2.23. The van der Waals surface area contributed by atoms with Crippen LogP contribution in [0.3, 0.4) is 0 Å². The van der Waals surface area contributed by atoms with Crippen LogP contribution in [0.1, 0.15) is 28.4 Å². The number of hydrogen-bond acceptors (Lipinski definition) is 3. The van der Waals surface area contributed by atoms with Gasteiger partial charge in [-0.25, -0.2) is 0 Å². The molecule has 3 aromatic rings. The normalized spacial score (nSPS) is 11.9. The maximum Gasteiger partial charge on any atom is 0.305 e. The minimum absolute atomic E-state index is 0.217. The molecule has 0 aliphatic carbocycles. The van der Waals surface area contributed by atoms with E-state index < -0.39 is 12.0 Å². The second kappa shape index (κ2) is 7.09. The molecule has 0 spiro atoms. The van der Waals surface area contributed by atoms with Gasteiger partial charge in [0.2, 0.25) is 0 Å². The number of carboxylic acid groups (broad SMARTS) is 1. The molecule has 0 aliphatic heterocycles. The molecule has 1 unspecified atom stereocenters. The predicted molar refractivity (Wildman–Crippen MR) is 93.8 cm³/mol. The van der Waals surface area contributed by atoms with Crippen molar-refractivity contribution in [3.63, 3.8) is 0 Å². The average molecular weight is 338 g/mol. The molecule has 0 radical (unpaired) electrons. The monoisotopic (exact) mass is 338 g/mol. The van der Waals surface area contributed by atoms with E-state index in [1.807, 2.05) is 12.1 Å². The molecule has 3 N–H and O–H groups in total. The van der Waals surface area contributed by atoms with Gasteiger partial charge in [-0.1, -0.05) is 12.1 Å². The summed E-state index contributed by atoms with van der Waals surface area (Å²) in [5, 5.41) is 12.9. The van der Waals surface area contributed by atoms with E-state index >= 15 is 0 Å². The summed E-state index contributed by atoms with van der Waals surface area (Å²) in [6, 6.07) is 13.5. The van der Waals surface area contributed by atoms with Crippen molar-refractivity contribution in [1.29, 1.82) is 0 Å². The number of fused-ring (bicyclic) bond motifs is 1. The third-order valence-corrected chi connectivity index (χ3v) is 4.00. The lowest BCUT2D eigenvalue weighted by atomic mass is 10.0. The van der Waals surface area contributed by atoms with Crippen LogP contribution in [0.25, 0.3) is 10.9 Å². The van der Waals surface area contributed by atoms with Gasteiger partial charge in [0.05, 0.1) is 19.6 Å². The zero-order valence-corrected chi connectivity index (χ0v) is 13.7. The van der Waals surface area contributed by atoms with Crippen molar-refractivity contribution in [3.05, 3.63) is 65.9 Å². The number of aromatic nitrogens is 1. The first-order valence-corrected chi connectivity index (χ1v) is 7.80. The molecule has 1 aromatic heterocycles. The van der Waals surface area contributed by atoms with Gasteiger partial charge in [0.25, 0.3) is 5.91 Å². The molecule has 3 rings (SSSR count). The Morgan fingerprint density at radius 3 is 2.80 bits per heavy atom. The number of aromatic amines is 1. The molecule has 0 saturated carbocycles. The molecule has 6 heteroatoms. The second-order valence-electron chi connectivity index (χ2n) is 5.68. The van der Waals surface area contributed by atoms with Crippen LogP contribution in [0, 0.1) is 0 Å². The Bertz CT molecular complexity index is 916. The van der Waals surface area contributed by atoms with Crippen LogP contribution in [0.2, 0.25) is 0 Å². The third kappa shape index (κ3) is 3.80. The van der Waals surface area contributed by atoms with Crippen molar-refractivity contribution in [3.8, 4) is 5.75 Å². The van der Waals surface area contributed by atoms with Gasteiger partial charge in [0.1, 0.15) is 5.75 Å². The first kappa shape index (κ1) is 16.6. The molecule has 0 saturated heterocycles. The summed E-state index contributed by atoms with van der Waals surface area (Å²) in [4.78, 5) is 26.9. The summed E-state index contributed by atoms with van der Waals surface area (Å²) >= 11 is 0. The number of H-pyrrole nitrogens is 1. The van der Waals surface area contributed by atoms with Crippen LogP contribution in [0.4, 0.5) is 0 Å². The standard InChI is InChI=1S/C19H18N2O4/c1-25-15-4-2-3-12(10-15)17(11-18(22)23)21-19(24)14-5-6-16-13(9-14)7-8-20-16/h2-10,17,20H,11H2,1H3,(H,21,24)(H,22,23). The number of carboxylic acids is 1. The molecular formula is C19H18N2O4. The molecule has 1 atom stereocenters. The summed E-state index contributed by atoms with van der Waals surface area (Å²) in [6.07, 6.45) is 1.58. The molecule has 6 nitrogen and oxygen atoms in total. The molecule has 1 heterocycles. The Balaban J connectivity index is 1.85. The average Bonchev–Trinajstić information content (AvgIpc) is 3.08. The number of aliphatic carboxylic acids is 1. The molecule has 25 heavy (non-hydrogen) atoms. The van der Waals surface area contributed by atoms with Crippen molar-refractivity contribution < 1.29 is 19.4 Å². The number of rotatable bonds is 6. The SMILES string of the molecule is COc1cccc(C(CC(=O)O)NC(=O)c2ccc3[nH]ccc3c2)c1. The maximum absolute atomic E-state index is 12.6. The van der Waals surface area contributed by atoms with E-state index in [0.717, 1.165) is 10.9 Å². The van der Waals surface area contributed by atoms with Gasteiger partial charge in [-0.2, -0.15) is 0 Å². The van der Waals surface area contributed by atoms with Crippen molar-refractivity contribution >= 4 is 22.8 Å². The van der Waals surface area contributed by atoms with Gasteiger partial charge >= 0.3 is 5.97 Å². The van der Waals surface area contributed by atoms with Gasteiger partial charge in [0, 0.05) is 22.7 Å². The second-order valence-corrected chi connectivity index (χ2v) is 5.68. The number of ether oxygens (including phenoxy) is 1. The van der Waals surface area contributed by atoms with Gasteiger partial charge in [-0.05, 0) is 42.0 Å². The smallest absolute Gasteiger partial charge is 0.305 e. The van der Waals surface area contributed by atoms with Gasteiger partial charge in [-0.15, -0.1) is 0 Å². The fourth-order valence-corrected chi connectivity index (χ4v) is 2.72. The zero-order valence-electron chi connectivity index (χ0n) is 13.7. The molecule has 128 valence electrons. The number of methoxy groups -OCH3 is 1. The number of carbonyl (C=O) groups excluding carboxylic acids is 1. The highest BCUT2D eigenvalue weighted by atomic mass is 16.5. The summed E-state index contributed by atoms with van der Waals surface area (Å²) in [5.41, 5.74) is 2.09. The quantitative estimate of drug-likeness (QED) is 0.644. The molecule has 0 bridgehead atoms. The highest BCUT2D eigenvalue weighted by Gasteiger charge is 2.19. The highest BCUT2D eigenvalue weighted by molar-refractivity contribution is 5.98. The minimum atomic E-state index is -0.991. The number of benzene rings is 2. The van der Waals surface area contributed by atoms with E-state index in [-0.39, 0.29) is 12.3 Å². The largest absolute Gasteiger partial charge is 0.497 e. The lowest BCUT2D eigenvalue weighted by Gasteiger charge is -2.18.